The van der Waals surface area contributed by atoms with Crippen LogP contribution >= 0.6 is 0 Å². The topological polar surface area (TPSA) is 42.4 Å². The average molecular weight is 262 g/mol. The van der Waals surface area contributed by atoms with E-state index in [2.05, 4.69) is 24.8 Å². The van der Waals surface area contributed by atoms with E-state index in [1.165, 1.54) is 24.8 Å². The Hall–Kier alpha value is -0.800. The largest absolute Gasteiger partial charge is 0.466 e. The van der Waals surface area contributed by atoms with E-state index in [4.69, 9.17) is 10.2 Å². The van der Waals surface area contributed by atoms with E-state index in [1.807, 2.05) is 6.92 Å². The maximum Gasteiger partial charge on any atom is 0.105 e. The predicted octanol–water partition coefficient (Wildman–Crippen LogP) is 3.30. The van der Waals surface area contributed by atoms with Crippen molar-refractivity contribution in [2.75, 3.05) is 0 Å². The van der Waals surface area contributed by atoms with Crippen LogP contribution in [-0.2, 0) is 0 Å². The van der Waals surface area contributed by atoms with Crippen LogP contribution in [0.1, 0.15) is 62.2 Å². The fourth-order valence-corrected chi connectivity index (χ4v) is 4.32. The summed E-state index contributed by atoms with van der Waals surface area (Å²) in [5.41, 5.74) is 7.58. The first kappa shape index (κ1) is 13.2. The van der Waals surface area contributed by atoms with Gasteiger partial charge in [-0.3, -0.25) is 4.90 Å². The second kappa shape index (κ2) is 4.95. The highest BCUT2D eigenvalue weighted by Crippen LogP contribution is 2.40. The SMILES string of the molecule is Cc1cc(C(C)N2C3CCCC2CC(N)C3)c(C)o1. The van der Waals surface area contributed by atoms with E-state index in [9.17, 15) is 0 Å². The summed E-state index contributed by atoms with van der Waals surface area (Å²) in [6.07, 6.45) is 6.32. The zero-order valence-electron chi connectivity index (χ0n) is 12.4. The van der Waals surface area contributed by atoms with Gasteiger partial charge in [0.15, 0.2) is 0 Å². The smallest absolute Gasteiger partial charge is 0.105 e. The van der Waals surface area contributed by atoms with Gasteiger partial charge in [-0.25, -0.2) is 0 Å². The van der Waals surface area contributed by atoms with Crippen LogP contribution in [0.5, 0.6) is 0 Å². The normalized spacial score (nSPS) is 33.4. The van der Waals surface area contributed by atoms with Crippen LogP contribution in [0.2, 0.25) is 0 Å². The van der Waals surface area contributed by atoms with Crippen molar-refractivity contribution in [2.24, 2.45) is 5.73 Å². The fraction of sp³-hybridized carbons (Fsp3) is 0.750. The number of furan rings is 1. The first-order chi connectivity index (χ1) is 9.06. The number of rotatable bonds is 2. The minimum Gasteiger partial charge on any atom is -0.466 e. The number of hydrogen-bond acceptors (Lipinski definition) is 3. The lowest BCUT2D eigenvalue weighted by molar-refractivity contribution is -0.000899. The van der Waals surface area contributed by atoms with Crippen LogP contribution in [0, 0.1) is 13.8 Å². The summed E-state index contributed by atoms with van der Waals surface area (Å²) in [5, 5.41) is 0. The zero-order valence-corrected chi connectivity index (χ0v) is 12.4. The Morgan fingerprint density at radius 1 is 1.26 bits per heavy atom. The van der Waals surface area contributed by atoms with Crippen molar-refractivity contribution in [1.82, 2.24) is 4.90 Å². The summed E-state index contributed by atoms with van der Waals surface area (Å²) >= 11 is 0. The zero-order chi connectivity index (χ0) is 13.6. The Balaban J connectivity index is 1.86. The van der Waals surface area contributed by atoms with Gasteiger partial charge >= 0.3 is 0 Å². The molecule has 19 heavy (non-hydrogen) atoms. The van der Waals surface area contributed by atoms with Crippen LogP contribution in [0.3, 0.4) is 0 Å². The molecule has 3 heterocycles. The maximum absolute atomic E-state index is 6.21. The highest BCUT2D eigenvalue weighted by atomic mass is 16.3. The van der Waals surface area contributed by atoms with Gasteiger partial charge < -0.3 is 10.2 Å². The molecule has 0 amide bonds. The van der Waals surface area contributed by atoms with E-state index < -0.39 is 0 Å². The number of nitrogens with zero attached hydrogens (tertiary/aromatic N) is 1. The summed E-state index contributed by atoms with van der Waals surface area (Å²) in [6, 6.07) is 4.43. The molecule has 2 saturated heterocycles. The molecule has 0 saturated carbocycles. The molecule has 3 heteroatoms. The molecule has 1 aromatic heterocycles. The summed E-state index contributed by atoms with van der Waals surface area (Å²) in [6.45, 7) is 6.46. The summed E-state index contributed by atoms with van der Waals surface area (Å²) in [5.74, 6) is 2.11. The summed E-state index contributed by atoms with van der Waals surface area (Å²) in [7, 11) is 0. The first-order valence-electron chi connectivity index (χ1n) is 7.66. The van der Waals surface area contributed by atoms with E-state index in [-0.39, 0.29) is 0 Å². The van der Waals surface area contributed by atoms with Crippen LogP contribution in [0.25, 0.3) is 0 Å². The second-order valence-electron chi connectivity index (χ2n) is 6.46. The van der Waals surface area contributed by atoms with Crippen LogP contribution in [-0.4, -0.2) is 23.0 Å². The molecule has 2 fully saturated rings. The Kier molecular flexibility index (Phi) is 3.44. The fourth-order valence-electron chi connectivity index (χ4n) is 4.32. The lowest BCUT2D eigenvalue weighted by Crippen LogP contribution is -2.55. The van der Waals surface area contributed by atoms with Gasteiger partial charge in [0, 0.05) is 29.7 Å². The molecule has 106 valence electrons. The van der Waals surface area contributed by atoms with Crippen molar-refractivity contribution in [3.05, 3.63) is 23.2 Å². The minimum atomic E-state index is 0.408. The molecule has 3 rings (SSSR count). The average Bonchev–Trinajstić information content (AvgIpc) is 2.66. The quantitative estimate of drug-likeness (QED) is 0.889. The molecule has 0 radical (unpaired) electrons. The molecule has 3 unspecified atom stereocenters. The van der Waals surface area contributed by atoms with Crippen molar-refractivity contribution in [1.29, 1.82) is 0 Å². The van der Waals surface area contributed by atoms with Crippen molar-refractivity contribution in [3.8, 4) is 0 Å². The molecular weight excluding hydrogens is 236 g/mol. The van der Waals surface area contributed by atoms with Crippen molar-refractivity contribution >= 4 is 0 Å². The molecule has 0 aromatic carbocycles. The van der Waals surface area contributed by atoms with E-state index in [0.717, 1.165) is 24.4 Å². The minimum absolute atomic E-state index is 0.408. The van der Waals surface area contributed by atoms with Gasteiger partial charge in [0.25, 0.3) is 0 Å². The molecule has 2 aliphatic heterocycles. The summed E-state index contributed by atoms with van der Waals surface area (Å²) in [4.78, 5) is 2.73. The van der Waals surface area contributed by atoms with Gasteiger partial charge in [-0.1, -0.05) is 6.42 Å². The molecule has 2 aliphatic rings. The van der Waals surface area contributed by atoms with Gasteiger partial charge in [-0.15, -0.1) is 0 Å². The van der Waals surface area contributed by atoms with E-state index in [1.54, 1.807) is 0 Å². The second-order valence-corrected chi connectivity index (χ2v) is 6.46. The number of aryl methyl sites for hydroxylation is 2. The molecule has 2 bridgehead atoms. The van der Waals surface area contributed by atoms with Crippen LogP contribution in [0.4, 0.5) is 0 Å². The van der Waals surface area contributed by atoms with Gasteiger partial charge in [-0.05, 0) is 52.5 Å². The summed E-state index contributed by atoms with van der Waals surface area (Å²) < 4.78 is 5.72. The van der Waals surface area contributed by atoms with Crippen LogP contribution < -0.4 is 5.73 Å². The molecule has 0 aliphatic carbocycles. The van der Waals surface area contributed by atoms with Crippen molar-refractivity contribution in [2.45, 2.75) is 77.0 Å². The molecule has 0 spiro atoms. The van der Waals surface area contributed by atoms with Crippen molar-refractivity contribution in [3.63, 3.8) is 0 Å². The number of fused-ring (bicyclic) bond motifs is 2. The molecule has 3 atom stereocenters. The number of piperidine rings is 2. The Morgan fingerprint density at radius 2 is 1.89 bits per heavy atom. The lowest BCUT2D eigenvalue weighted by atomic mass is 9.80. The van der Waals surface area contributed by atoms with Crippen molar-refractivity contribution < 1.29 is 4.42 Å². The van der Waals surface area contributed by atoms with Crippen LogP contribution in [0.15, 0.2) is 10.5 Å². The molecule has 2 N–H and O–H groups in total. The number of nitrogens with two attached hydrogens (primary N) is 1. The highest BCUT2D eigenvalue weighted by molar-refractivity contribution is 5.24. The third-order valence-electron chi connectivity index (χ3n) is 5.04. The Labute approximate surface area is 116 Å². The monoisotopic (exact) mass is 262 g/mol. The molecule has 3 nitrogen and oxygen atoms in total. The van der Waals surface area contributed by atoms with E-state index >= 15 is 0 Å². The van der Waals surface area contributed by atoms with E-state index in [0.29, 0.717) is 24.2 Å². The molecule has 1 aromatic rings. The number of hydrogen-bond donors (Lipinski definition) is 1. The predicted molar refractivity (Wildman–Crippen MR) is 77.1 cm³/mol. The van der Waals surface area contributed by atoms with Gasteiger partial charge in [0.1, 0.15) is 11.5 Å². The lowest BCUT2D eigenvalue weighted by Gasteiger charge is -2.51. The highest BCUT2D eigenvalue weighted by Gasteiger charge is 2.40. The Bertz CT molecular complexity index is 440. The van der Waals surface area contributed by atoms with Gasteiger partial charge in [0.05, 0.1) is 0 Å². The third-order valence-corrected chi connectivity index (χ3v) is 5.04. The maximum atomic E-state index is 6.21. The Morgan fingerprint density at radius 3 is 2.42 bits per heavy atom. The molecular formula is C16H26N2O. The first-order valence-corrected chi connectivity index (χ1v) is 7.66. The van der Waals surface area contributed by atoms with Gasteiger partial charge in [0.2, 0.25) is 0 Å². The van der Waals surface area contributed by atoms with Gasteiger partial charge in [-0.2, -0.15) is 0 Å². The standard InChI is InChI=1S/C16H26N2O/c1-10-7-16(12(3)19-10)11(2)18-14-5-4-6-15(18)9-13(17)8-14/h7,11,13-15H,4-6,8-9,17H2,1-3H3. The third kappa shape index (κ3) is 2.34.